The van der Waals surface area contributed by atoms with Gasteiger partial charge >= 0.3 is 0 Å². The Bertz CT molecular complexity index is 747. The first-order valence-electron chi connectivity index (χ1n) is 8.41. The molecule has 1 saturated heterocycles. The van der Waals surface area contributed by atoms with Gasteiger partial charge in [-0.25, -0.2) is 0 Å². The lowest BCUT2D eigenvalue weighted by molar-refractivity contribution is -0.142. The predicted octanol–water partition coefficient (Wildman–Crippen LogP) is 1.70. The first kappa shape index (κ1) is 16.4. The summed E-state index contributed by atoms with van der Waals surface area (Å²) in [5.74, 6) is 0.800. The maximum atomic E-state index is 12.5. The summed E-state index contributed by atoms with van der Waals surface area (Å²) in [5.41, 5.74) is 1.90. The molecule has 0 unspecified atom stereocenters. The molecule has 0 atom stereocenters. The Morgan fingerprint density at radius 3 is 2.83 bits per heavy atom. The highest BCUT2D eigenvalue weighted by atomic mass is 16.5. The minimum absolute atomic E-state index is 0.0345. The number of carbonyl (C=O) groups is 2. The zero-order chi connectivity index (χ0) is 17.1. The van der Waals surface area contributed by atoms with E-state index in [0.29, 0.717) is 32.7 Å². The molecule has 2 heterocycles. The molecule has 1 aromatic carbocycles. The number of H-pyrrole nitrogens is 1. The van der Waals surface area contributed by atoms with Gasteiger partial charge < -0.3 is 19.9 Å². The highest BCUT2D eigenvalue weighted by molar-refractivity contribution is 5.93. The normalized spacial score (nSPS) is 14.5. The number of benzene rings is 1. The van der Waals surface area contributed by atoms with Gasteiger partial charge in [0.05, 0.1) is 18.9 Å². The number of fused-ring (bicyclic) bond motifs is 1. The molecular weight excluding hydrogens is 306 g/mol. The Morgan fingerprint density at radius 2 is 2.12 bits per heavy atom. The number of rotatable bonds is 6. The summed E-state index contributed by atoms with van der Waals surface area (Å²) in [4.78, 5) is 29.1. The number of hydrogen-bond donors (Lipinski definition) is 2. The average molecular weight is 329 g/mol. The number of aromatic nitrogens is 1. The fourth-order valence-corrected chi connectivity index (χ4v) is 3.08. The molecule has 2 N–H and O–H groups in total. The van der Waals surface area contributed by atoms with Crippen molar-refractivity contribution in [3.63, 3.8) is 0 Å². The van der Waals surface area contributed by atoms with Crippen molar-refractivity contribution in [3.05, 3.63) is 30.0 Å². The van der Waals surface area contributed by atoms with E-state index in [4.69, 9.17) is 4.74 Å². The van der Waals surface area contributed by atoms with Crippen molar-refractivity contribution in [2.45, 2.75) is 20.3 Å². The molecule has 1 fully saturated rings. The predicted molar refractivity (Wildman–Crippen MR) is 91.9 cm³/mol. The van der Waals surface area contributed by atoms with Crippen LogP contribution in [0.15, 0.2) is 24.4 Å². The first-order valence-corrected chi connectivity index (χ1v) is 8.41. The molecule has 128 valence electrons. The van der Waals surface area contributed by atoms with E-state index in [2.05, 4.69) is 10.3 Å². The molecule has 0 radical (unpaired) electrons. The molecule has 2 amide bonds. The Kier molecular flexibility index (Phi) is 4.74. The van der Waals surface area contributed by atoms with Crippen LogP contribution in [0.25, 0.3) is 10.9 Å². The van der Waals surface area contributed by atoms with E-state index in [1.54, 1.807) is 4.90 Å². The summed E-state index contributed by atoms with van der Waals surface area (Å²) in [6, 6.07) is 5.82. The van der Waals surface area contributed by atoms with Gasteiger partial charge in [0, 0.05) is 36.7 Å². The van der Waals surface area contributed by atoms with Crippen molar-refractivity contribution in [1.29, 1.82) is 0 Å². The SMILES string of the molecule is CCNC(=O)C1CN(C(=O)Cc2c[nH]c3cccc(OCC)c23)C1. The summed E-state index contributed by atoms with van der Waals surface area (Å²) < 4.78 is 5.68. The quantitative estimate of drug-likeness (QED) is 0.847. The minimum atomic E-state index is -0.0733. The van der Waals surface area contributed by atoms with Crippen molar-refractivity contribution in [3.8, 4) is 5.75 Å². The summed E-state index contributed by atoms with van der Waals surface area (Å²) >= 11 is 0. The van der Waals surface area contributed by atoms with E-state index in [1.807, 2.05) is 38.2 Å². The van der Waals surface area contributed by atoms with Crippen LogP contribution in [0.5, 0.6) is 5.75 Å². The lowest BCUT2D eigenvalue weighted by atomic mass is 9.97. The number of hydrogen-bond acceptors (Lipinski definition) is 3. The maximum Gasteiger partial charge on any atom is 0.227 e. The van der Waals surface area contributed by atoms with Crippen molar-refractivity contribution in [2.24, 2.45) is 5.92 Å². The van der Waals surface area contributed by atoms with Crippen molar-refractivity contribution in [1.82, 2.24) is 15.2 Å². The van der Waals surface area contributed by atoms with E-state index < -0.39 is 0 Å². The van der Waals surface area contributed by atoms with Gasteiger partial charge in [-0.3, -0.25) is 9.59 Å². The fourth-order valence-electron chi connectivity index (χ4n) is 3.08. The summed E-state index contributed by atoms with van der Waals surface area (Å²) in [6.07, 6.45) is 2.18. The standard InChI is InChI=1S/C18H23N3O3/c1-3-19-18(23)13-10-21(11-13)16(22)8-12-9-20-14-6-5-7-15(17(12)14)24-4-2/h5-7,9,13,20H,3-4,8,10-11H2,1-2H3,(H,19,23). The molecule has 2 aromatic rings. The zero-order valence-corrected chi connectivity index (χ0v) is 14.1. The van der Waals surface area contributed by atoms with Crippen molar-refractivity contribution in [2.75, 3.05) is 26.2 Å². The number of nitrogens with zero attached hydrogens (tertiary/aromatic N) is 1. The topological polar surface area (TPSA) is 74.4 Å². The Labute approximate surface area is 141 Å². The Hall–Kier alpha value is -2.50. The van der Waals surface area contributed by atoms with E-state index in [1.165, 1.54) is 0 Å². The Balaban J connectivity index is 1.68. The lowest BCUT2D eigenvalue weighted by Crippen LogP contribution is -2.56. The molecule has 0 bridgehead atoms. The van der Waals surface area contributed by atoms with Crippen LogP contribution < -0.4 is 10.1 Å². The van der Waals surface area contributed by atoms with Crippen LogP contribution in [-0.2, 0) is 16.0 Å². The van der Waals surface area contributed by atoms with Gasteiger partial charge in [-0.1, -0.05) is 6.07 Å². The summed E-state index contributed by atoms with van der Waals surface area (Å²) in [7, 11) is 0. The average Bonchev–Trinajstić information content (AvgIpc) is 2.90. The van der Waals surface area contributed by atoms with E-state index >= 15 is 0 Å². The summed E-state index contributed by atoms with van der Waals surface area (Å²) in [6.45, 7) is 6.05. The highest BCUT2D eigenvalue weighted by Crippen LogP contribution is 2.30. The van der Waals surface area contributed by atoms with Crippen LogP contribution in [0.2, 0.25) is 0 Å². The van der Waals surface area contributed by atoms with Gasteiger partial charge in [0.25, 0.3) is 0 Å². The Morgan fingerprint density at radius 1 is 1.33 bits per heavy atom. The third-order valence-corrected chi connectivity index (χ3v) is 4.35. The van der Waals surface area contributed by atoms with Gasteiger partial charge in [0.2, 0.25) is 11.8 Å². The minimum Gasteiger partial charge on any atom is -0.493 e. The number of ether oxygens (including phenoxy) is 1. The van der Waals surface area contributed by atoms with Crippen LogP contribution in [0.3, 0.4) is 0 Å². The van der Waals surface area contributed by atoms with Gasteiger partial charge in [0.15, 0.2) is 0 Å². The molecule has 0 aliphatic carbocycles. The van der Waals surface area contributed by atoms with Gasteiger partial charge in [-0.2, -0.15) is 0 Å². The molecule has 0 spiro atoms. The number of carbonyl (C=O) groups excluding carboxylic acids is 2. The first-order chi connectivity index (χ1) is 11.6. The molecule has 3 rings (SSSR count). The van der Waals surface area contributed by atoms with Crippen LogP contribution in [0, 0.1) is 5.92 Å². The van der Waals surface area contributed by atoms with E-state index in [9.17, 15) is 9.59 Å². The molecule has 1 aromatic heterocycles. The molecule has 24 heavy (non-hydrogen) atoms. The van der Waals surface area contributed by atoms with E-state index in [0.717, 1.165) is 22.2 Å². The second-order valence-corrected chi connectivity index (χ2v) is 5.99. The zero-order valence-electron chi connectivity index (χ0n) is 14.1. The number of amides is 2. The van der Waals surface area contributed by atoms with Crippen LogP contribution in [0.1, 0.15) is 19.4 Å². The van der Waals surface area contributed by atoms with E-state index in [-0.39, 0.29) is 17.7 Å². The van der Waals surface area contributed by atoms with Crippen LogP contribution in [-0.4, -0.2) is 47.9 Å². The molecule has 1 aliphatic rings. The van der Waals surface area contributed by atoms with Crippen LogP contribution >= 0.6 is 0 Å². The monoisotopic (exact) mass is 329 g/mol. The summed E-state index contributed by atoms with van der Waals surface area (Å²) in [5, 5.41) is 3.77. The molecule has 6 heteroatoms. The number of likely N-dealkylation sites (tertiary alicyclic amines) is 1. The second kappa shape index (κ2) is 6.95. The van der Waals surface area contributed by atoms with Crippen molar-refractivity contribution < 1.29 is 14.3 Å². The van der Waals surface area contributed by atoms with Gasteiger partial charge in [0.1, 0.15) is 5.75 Å². The highest BCUT2D eigenvalue weighted by Gasteiger charge is 2.35. The number of nitrogens with one attached hydrogen (secondary N) is 2. The lowest BCUT2D eigenvalue weighted by Gasteiger charge is -2.38. The maximum absolute atomic E-state index is 12.5. The molecule has 0 saturated carbocycles. The third kappa shape index (κ3) is 3.09. The van der Waals surface area contributed by atoms with Gasteiger partial charge in [-0.15, -0.1) is 0 Å². The van der Waals surface area contributed by atoms with Crippen molar-refractivity contribution >= 4 is 22.7 Å². The fraction of sp³-hybridized carbons (Fsp3) is 0.444. The van der Waals surface area contributed by atoms with Crippen LogP contribution in [0.4, 0.5) is 0 Å². The molecule has 1 aliphatic heterocycles. The smallest absolute Gasteiger partial charge is 0.227 e. The number of aromatic amines is 1. The second-order valence-electron chi connectivity index (χ2n) is 5.99. The van der Waals surface area contributed by atoms with Gasteiger partial charge in [-0.05, 0) is 31.5 Å². The molecular formula is C18H23N3O3. The third-order valence-electron chi connectivity index (χ3n) is 4.35. The largest absolute Gasteiger partial charge is 0.493 e. The molecule has 6 nitrogen and oxygen atoms in total.